The summed E-state index contributed by atoms with van der Waals surface area (Å²) in [5.41, 5.74) is 0.582. The first-order chi connectivity index (χ1) is 8.41. The van der Waals surface area contributed by atoms with E-state index in [0.717, 1.165) is 4.90 Å². The van der Waals surface area contributed by atoms with Gasteiger partial charge in [0.15, 0.2) is 0 Å². The minimum absolute atomic E-state index is 0.000108. The Morgan fingerprint density at radius 2 is 1.50 bits per heavy atom. The van der Waals surface area contributed by atoms with Crippen LogP contribution < -0.4 is 0 Å². The van der Waals surface area contributed by atoms with E-state index in [2.05, 4.69) is 0 Å². The second-order valence-electron chi connectivity index (χ2n) is 3.56. The fourth-order valence-electron chi connectivity index (χ4n) is 1.48. The third-order valence-electron chi connectivity index (χ3n) is 2.40. The third kappa shape index (κ3) is 2.36. The molecule has 0 aromatic heterocycles. The molecular weight excluding hydrogens is 320 g/mol. The zero-order valence-corrected chi connectivity index (χ0v) is 11.7. The highest BCUT2D eigenvalue weighted by atomic mass is 35.5. The molecule has 1 aliphatic heterocycles. The largest absolute Gasteiger partial charge is 0.274 e. The smallest absolute Gasteiger partial charge is 0.268 e. The van der Waals surface area contributed by atoms with Gasteiger partial charge in [-0.3, -0.25) is 14.5 Å². The number of rotatable bonds is 2. The van der Waals surface area contributed by atoms with E-state index < -0.39 is 11.8 Å². The SMILES string of the molecule is O=C1C(Cl)=C(Cl)C(=O)N1Cc1ccc(Cl)cc1Cl. The molecule has 0 saturated heterocycles. The van der Waals surface area contributed by atoms with Crippen LogP contribution in [0, 0.1) is 0 Å². The van der Waals surface area contributed by atoms with Crippen LogP contribution in [-0.2, 0) is 16.1 Å². The maximum Gasteiger partial charge on any atom is 0.274 e. The minimum atomic E-state index is -0.627. The summed E-state index contributed by atoms with van der Waals surface area (Å²) in [7, 11) is 0. The molecule has 0 fully saturated rings. The first-order valence-corrected chi connectivity index (χ1v) is 6.28. The summed E-state index contributed by atoms with van der Waals surface area (Å²) in [6.45, 7) is 0.000108. The molecule has 7 heteroatoms. The molecule has 94 valence electrons. The number of carbonyl (C=O) groups is 2. The van der Waals surface area contributed by atoms with Gasteiger partial charge in [0.2, 0.25) is 0 Å². The van der Waals surface area contributed by atoms with Crippen LogP contribution in [0.15, 0.2) is 28.3 Å². The quantitative estimate of drug-likeness (QED) is 0.780. The first-order valence-electron chi connectivity index (χ1n) is 4.77. The molecule has 0 unspecified atom stereocenters. The van der Waals surface area contributed by atoms with Gasteiger partial charge in [-0.25, -0.2) is 0 Å². The van der Waals surface area contributed by atoms with Crippen molar-refractivity contribution in [3.05, 3.63) is 43.9 Å². The van der Waals surface area contributed by atoms with Gasteiger partial charge in [0.1, 0.15) is 10.1 Å². The average molecular weight is 325 g/mol. The van der Waals surface area contributed by atoms with Crippen LogP contribution >= 0.6 is 46.4 Å². The van der Waals surface area contributed by atoms with E-state index in [1.165, 1.54) is 6.07 Å². The van der Waals surface area contributed by atoms with Gasteiger partial charge in [-0.15, -0.1) is 0 Å². The van der Waals surface area contributed by atoms with E-state index in [-0.39, 0.29) is 16.6 Å². The van der Waals surface area contributed by atoms with Gasteiger partial charge in [0.05, 0.1) is 6.54 Å². The van der Waals surface area contributed by atoms with Crippen LogP contribution in [0.4, 0.5) is 0 Å². The molecule has 0 radical (unpaired) electrons. The number of hydrogen-bond donors (Lipinski definition) is 0. The Morgan fingerprint density at radius 1 is 0.944 bits per heavy atom. The summed E-state index contributed by atoms with van der Waals surface area (Å²) in [4.78, 5) is 24.3. The van der Waals surface area contributed by atoms with Crippen LogP contribution in [-0.4, -0.2) is 16.7 Å². The van der Waals surface area contributed by atoms with Crippen LogP contribution in [0.1, 0.15) is 5.56 Å². The molecule has 0 saturated carbocycles. The molecule has 0 spiro atoms. The lowest BCUT2D eigenvalue weighted by Gasteiger charge is -2.15. The molecule has 3 nitrogen and oxygen atoms in total. The molecule has 2 amide bonds. The lowest BCUT2D eigenvalue weighted by molar-refractivity contribution is -0.137. The minimum Gasteiger partial charge on any atom is -0.268 e. The van der Waals surface area contributed by atoms with E-state index in [1.54, 1.807) is 12.1 Å². The van der Waals surface area contributed by atoms with Crippen molar-refractivity contribution < 1.29 is 9.59 Å². The molecule has 1 heterocycles. The zero-order valence-electron chi connectivity index (χ0n) is 8.71. The lowest BCUT2D eigenvalue weighted by Crippen LogP contribution is -2.30. The summed E-state index contributed by atoms with van der Waals surface area (Å²) < 4.78 is 0. The van der Waals surface area contributed by atoms with Gasteiger partial charge in [-0.1, -0.05) is 52.5 Å². The maximum atomic E-state index is 11.7. The van der Waals surface area contributed by atoms with E-state index in [0.29, 0.717) is 15.6 Å². The monoisotopic (exact) mass is 323 g/mol. The highest BCUT2D eigenvalue weighted by Crippen LogP contribution is 2.30. The van der Waals surface area contributed by atoms with Gasteiger partial charge >= 0.3 is 0 Å². The Morgan fingerprint density at radius 3 is 2.00 bits per heavy atom. The maximum absolute atomic E-state index is 11.7. The molecule has 2 rings (SSSR count). The van der Waals surface area contributed by atoms with E-state index in [4.69, 9.17) is 46.4 Å². The number of carbonyl (C=O) groups excluding carboxylic acids is 2. The number of nitrogens with zero attached hydrogens (tertiary/aromatic N) is 1. The van der Waals surface area contributed by atoms with Crippen molar-refractivity contribution in [3.63, 3.8) is 0 Å². The van der Waals surface area contributed by atoms with Crippen LogP contribution in [0.5, 0.6) is 0 Å². The number of hydrogen-bond acceptors (Lipinski definition) is 2. The Bertz CT molecular complexity index is 558. The number of imide groups is 1. The average Bonchev–Trinajstić information content (AvgIpc) is 2.50. The molecule has 0 bridgehead atoms. The second kappa shape index (κ2) is 5.10. The van der Waals surface area contributed by atoms with Crippen molar-refractivity contribution in [1.82, 2.24) is 4.90 Å². The molecule has 18 heavy (non-hydrogen) atoms. The van der Waals surface area contributed by atoms with E-state index in [1.807, 2.05) is 0 Å². The van der Waals surface area contributed by atoms with E-state index in [9.17, 15) is 9.59 Å². The van der Waals surface area contributed by atoms with Crippen LogP contribution in [0.3, 0.4) is 0 Å². The number of benzene rings is 1. The Kier molecular flexibility index (Phi) is 3.87. The van der Waals surface area contributed by atoms with Crippen molar-refractivity contribution in [2.45, 2.75) is 6.54 Å². The van der Waals surface area contributed by atoms with Crippen molar-refractivity contribution in [2.24, 2.45) is 0 Å². The molecule has 1 aromatic carbocycles. The Hall–Kier alpha value is -0.740. The Balaban J connectivity index is 2.26. The summed E-state index contributed by atoms with van der Waals surface area (Å²) in [6.07, 6.45) is 0. The van der Waals surface area contributed by atoms with Gasteiger partial charge in [-0.05, 0) is 17.7 Å². The lowest BCUT2D eigenvalue weighted by atomic mass is 10.2. The summed E-state index contributed by atoms with van der Waals surface area (Å²) in [5.74, 6) is -1.25. The van der Waals surface area contributed by atoms with Crippen molar-refractivity contribution in [1.29, 1.82) is 0 Å². The fraction of sp³-hybridized carbons (Fsp3) is 0.0909. The molecule has 1 aliphatic rings. The van der Waals surface area contributed by atoms with Crippen molar-refractivity contribution in [2.75, 3.05) is 0 Å². The van der Waals surface area contributed by atoms with Gasteiger partial charge < -0.3 is 0 Å². The summed E-state index contributed by atoms with van der Waals surface area (Å²) >= 11 is 22.9. The molecule has 0 atom stereocenters. The van der Waals surface area contributed by atoms with Crippen LogP contribution in [0.25, 0.3) is 0 Å². The van der Waals surface area contributed by atoms with Gasteiger partial charge in [0.25, 0.3) is 11.8 Å². The highest BCUT2D eigenvalue weighted by molar-refractivity contribution is 6.58. The third-order valence-corrected chi connectivity index (χ3v) is 3.79. The first kappa shape index (κ1) is 13.7. The topological polar surface area (TPSA) is 37.4 Å². The molecule has 0 N–H and O–H groups in total. The Labute approximate surface area is 123 Å². The second-order valence-corrected chi connectivity index (χ2v) is 5.16. The zero-order chi connectivity index (χ0) is 13.4. The standard InChI is InChI=1S/C11H5Cl4NO2/c12-6-2-1-5(7(13)3-6)4-16-10(17)8(14)9(15)11(16)18/h1-3H,4H2. The van der Waals surface area contributed by atoms with Crippen molar-refractivity contribution in [3.8, 4) is 0 Å². The fourth-order valence-corrected chi connectivity index (χ4v) is 2.31. The normalized spacial score (nSPS) is 15.9. The molecular formula is C11H5Cl4NO2. The van der Waals surface area contributed by atoms with Crippen molar-refractivity contribution >= 4 is 58.2 Å². The molecule has 0 aliphatic carbocycles. The number of amides is 2. The summed E-state index contributed by atoms with van der Waals surface area (Å²) in [5, 5.41) is 0.290. The van der Waals surface area contributed by atoms with Crippen LogP contribution in [0.2, 0.25) is 10.0 Å². The predicted molar refractivity (Wildman–Crippen MR) is 70.8 cm³/mol. The van der Waals surface area contributed by atoms with E-state index >= 15 is 0 Å². The summed E-state index contributed by atoms with van der Waals surface area (Å²) in [6, 6.07) is 4.77. The predicted octanol–water partition coefficient (Wildman–Crippen LogP) is 3.55. The van der Waals surface area contributed by atoms with Gasteiger partial charge in [0, 0.05) is 10.0 Å². The molecule has 1 aromatic rings. The highest BCUT2D eigenvalue weighted by Gasteiger charge is 2.36. The van der Waals surface area contributed by atoms with Gasteiger partial charge in [-0.2, -0.15) is 0 Å². The number of halogens is 4.